The topological polar surface area (TPSA) is 276 Å². The summed E-state index contributed by atoms with van der Waals surface area (Å²) in [7, 11) is -2.84. The van der Waals surface area contributed by atoms with Gasteiger partial charge in [-0.25, -0.2) is 0 Å². The Balaban J connectivity index is 0.000000231. The number of aliphatic hydroxyl groups is 3. The van der Waals surface area contributed by atoms with Crippen LogP contribution in [-0.4, -0.2) is 102 Å². The zero-order chi connectivity index (χ0) is 49.6. The molecule has 6 heterocycles. The number of carbonyl (C=O) groups excluding carboxylic acids is 2. The molecule has 0 spiro atoms. The van der Waals surface area contributed by atoms with Gasteiger partial charge in [0, 0.05) is 50.9 Å². The second kappa shape index (κ2) is 21.3. The highest BCUT2D eigenvalue weighted by Crippen LogP contribution is 2.39. The predicted molar refractivity (Wildman–Crippen MR) is 263 cm³/mol. The van der Waals surface area contributed by atoms with Crippen LogP contribution < -0.4 is 33.0 Å². The summed E-state index contributed by atoms with van der Waals surface area (Å²) >= 11 is 0. The van der Waals surface area contributed by atoms with Gasteiger partial charge in [0.1, 0.15) is 36.2 Å². The summed E-state index contributed by atoms with van der Waals surface area (Å²) in [6, 6.07) is 20.6. The minimum atomic E-state index is -2.84. The molecular weight excluding hydrogens is 901 g/mol. The van der Waals surface area contributed by atoms with Crippen LogP contribution >= 0.6 is 0 Å². The molecular formula is C50H58N8O10Si. The number of ether oxygens (including phenoxy) is 2. The largest absolute Gasteiger partial charge is 0.405 e. The first-order chi connectivity index (χ1) is 32.9. The zero-order valence-corrected chi connectivity index (χ0v) is 40.2. The molecule has 8 rings (SSSR count). The van der Waals surface area contributed by atoms with Crippen LogP contribution in [-0.2, 0) is 23.5 Å². The molecule has 6 aromatic rings. The Kier molecular flexibility index (Phi) is 15.5. The van der Waals surface area contributed by atoms with Crippen LogP contribution in [0, 0.1) is 23.7 Å². The monoisotopic (exact) mass is 958 g/mol. The fourth-order valence-electron chi connectivity index (χ4n) is 8.82. The lowest BCUT2D eigenvalue weighted by Crippen LogP contribution is -2.67. The third-order valence-electron chi connectivity index (χ3n) is 12.1. The Morgan fingerprint density at radius 2 is 1.17 bits per heavy atom. The van der Waals surface area contributed by atoms with Crippen molar-refractivity contribution in [1.29, 1.82) is 0 Å². The molecule has 4 aromatic heterocycles. The molecule has 2 aromatic carbocycles. The number of hydrogen-bond donors (Lipinski definition) is 7. The van der Waals surface area contributed by atoms with Crippen molar-refractivity contribution in [3.05, 3.63) is 105 Å². The molecule has 19 heteroatoms. The maximum absolute atomic E-state index is 12.9. The van der Waals surface area contributed by atoms with Crippen molar-refractivity contribution in [3.63, 3.8) is 0 Å². The molecule has 18 nitrogen and oxygen atoms in total. The maximum Gasteiger partial charge on any atom is 0.263 e. The number of H-pyrrole nitrogens is 2. The van der Waals surface area contributed by atoms with E-state index in [9.17, 15) is 34.5 Å². The number of benzene rings is 2. The molecule has 0 aliphatic carbocycles. The molecule has 0 saturated carbocycles. The number of Topliss-reactive ketones (excluding diaryl/α,β-unsaturated/α-hetero) is 2. The van der Waals surface area contributed by atoms with E-state index in [1.807, 2.05) is 36.4 Å². The Hall–Kier alpha value is -6.68. The van der Waals surface area contributed by atoms with Crippen molar-refractivity contribution < 1.29 is 38.8 Å². The van der Waals surface area contributed by atoms with Gasteiger partial charge in [0.15, 0.2) is 11.3 Å². The molecule has 362 valence electrons. The van der Waals surface area contributed by atoms with Crippen LogP contribution in [0.1, 0.15) is 96.7 Å². The fourth-order valence-corrected chi connectivity index (χ4v) is 13.4. The van der Waals surface area contributed by atoms with Gasteiger partial charge in [-0.2, -0.15) is 9.97 Å². The van der Waals surface area contributed by atoms with Crippen LogP contribution in [0.2, 0.25) is 5.04 Å². The number of ketones is 2. The number of anilines is 2. The number of aromatic nitrogens is 6. The van der Waals surface area contributed by atoms with E-state index < -0.39 is 56.3 Å². The van der Waals surface area contributed by atoms with E-state index in [1.165, 1.54) is 13.8 Å². The van der Waals surface area contributed by atoms with E-state index in [4.69, 9.17) is 25.4 Å². The summed E-state index contributed by atoms with van der Waals surface area (Å²) in [6.07, 6.45) is 1.06. The third kappa shape index (κ3) is 11.0. The fraction of sp³-hybridized carbons (Fsp3) is 0.400. The van der Waals surface area contributed by atoms with Crippen molar-refractivity contribution in [2.24, 2.45) is 0 Å². The number of aromatic amines is 2. The standard InChI is InChI=1S/C33H38N4O5Si.C17H20N4O5/c1-22(38)13-11-12-14-23-20-37(30-29(23)31(40)36-32(34)35-30)28-19-26(39)27(42-28)21-41-43(33(2,3)4,24-15-7-5-8-16-24)25-17-9-6-10-18-25;1-9(23)4-2-3-5-10-7-21(13-6-11(24)12(8-22)26-13)15-14(10)16(25)20-17(18)19-15/h5-10,15-18,20,26-28,39H,11,13,19,21H2,1-4H3,(H3,34,35,36,40);7,11-13,22,24H,2,4,6,8H2,1H3,(H3,18,19,20,25). The quantitative estimate of drug-likeness (QED) is 0.0687. The van der Waals surface area contributed by atoms with E-state index >= 15 is 0 Å². The van der Waals surface area contributed by atoms with Crippen LogP contribution in [0.3, 0.4) is 0 Å². The number of aliphatic hydroxyl groups excluding tert-OH is 3. The predicted octanol–water partition coefficient (Wildman–Crippen LogP) is 2.92. The molecule has 2 aliphatic rings. The summed E-state index contributed by atoms with van der Waals surface area (Å²) in [5, 5.41) is 33.0. The summed E-state index contributed by atoms with van der Waals surface area (Å²) in [6.45, 7) is 9.47. The van der Waals surface area contributed by atoms with Crippen LogP contribution in [0.25, 0.3) is 22.1 Å². The SMILES string of the molecule is CC(=O)CCC#Cc1cn(C2CC(O)C(CO)O2)c2nc(N)[nH]c(=O)c12.CC(=O)CCC#Cc1cn(C2CC(O)C(CO[Si](c3ccccc3)(c3ccccc3)C(C)(C)C)O2)c2nc(N)[nH]c(=O)c12. The average molecular weight is 959 g/mol. The van der Waals surface area contributed by atoms with Gasteiger partial charge in [-0.15, -0.1) is 0 Å². The van der Waals surface area contributed by atoms with E-state index in [-0.39, 0.29) is 71.0 Å². The van der Waals surface area contributed by atoms with Crippen molar-refractivity contribution in [3.8, 4) is 23.7 Å². The molecule has 2 aliphatic heterocycles. The number of rotatable bonds is 12. The Morgan fingerprint density at radius 3 is 1.57 bits per heavy atom. The highest BCUT2D eigenvalue weighted by molar-refractivity contribution is 6.99. The average Bonchev–Trinajstić information content (AvgIpc) is 4.07. The smallest absolute Gasteiger partial charge is 0.263 e. The van der Waals surface area contributed by atoms with Crippen molar-refractivity contribution >= 4 is 64.2 Å². The van der Waals surface area contributed by atoms with Crippen molar-refractivity contribution in [1.82, 2.24) is 29.1 Å². The van der Waals surface area contributed by atoms with Crippen LogP contribution in [0.15, 0.2) is 82.6 Å². The highest BCUT2D eigenvalue weighted by atomic mass is 28.4. The van der Waals surface area contributed by atoms with Gasteiger partial charge in [0.25, 0.3) is 19.4 Å². The van der Waals surface area contributed by atoms with Gasteiger partial charge < -0.3 is 49.8 Å². The molecule has 2 fully saturated rings. The first-order valence-corrected chi connectivity index (χ1v) is 24.6. The lowest BCUT2D eigenvalue weighted by atomic mass is 10.2. The molecule has 0 radical (unpaired) electrons. The van der Waals surface area contributed by atoms with Crippen LogP contribution in [0.5, 0.6) is 0 Å². The molecule has 6 atom stereocenters. The van der Waals surface area contributed by atoms with E-state index in [0.717, 1.165) is 10.4 Å². The normalized spacial score (nSPS) is 20.2. The molecule has 69 heavy (non-hydrogen) atoms. The molecule has 2 saturated heterocycles. The van der Waals surface area contributed by atoms with Gasteiger partial charge in [0.2, 0.25) is 11.9 Å². The summed E-state index contributed by atoms with van der Waals surface area (Å²) in [5.74, 6) is 11.7. The Morgan fingerprint density at radius 1 is 0.754 bits per heavy atom. The minimum Gasteiger partial charge on any atom is -0.405 e. The minimum absolute atomic E-state index is 0.0296. The summed E-state index contributed by atoms with van der Waals surface area (Å²) in [4.78, 5) is 61.1. The van der Waals surface area contributed by atoms with Gasteiger partial charge in [-0.3, -0.25) is 29.1 Å². The maximum atomic E-state index is 12.9. The Labute approximate surface area is 399 Å². The summed E-state index contributed by atoms with van der Waals surface area (Å²) in [5.41, 5.74) is 12.2. The number of nitrogens with one attached hydrogen (secondary N) is 2. The number of fused-ring (bicyclic) bond motifs is 2. The summed E-state index contributed by atoms with van der Waals surface area (Å²) < 4.78 is 22.4. The zero-order valence-electron chi connectivity index (χ0n) is 39.2. The molecule has 9 N–H and O–H groups in total. The number of carbonyl (C=O) groups is 2. The van der Waals surface area contributed by atoms with Gasteiger partial charge in [-0.1, -0.05) is 105 Å². The lowest BCUT2D eigenvalue weighted by molar-refractivity contribution is -0.117. The van der Waals surface area contributed by atoms with Crippen molar-refractivity contribution in [2.45, 2.75) is 115 Å². The number of nitrogens with zero attached hydrogens (tertiary/aromatic N) is 4. The second-order valence-electron chi connectivity index (χ2n) is 18.2. The number of hydrogen-bond acceptors (Lipinski definition) is 14. The Bertz CT molecular complexity index is 3030. The van der Waals surface area contributed by atoms with Crippen molar-refractivity contribution in [2.75, 3.05) is 24.7 Å². The first kappa shape index (κ1) is 50.2. The van der Waals surface area contributed by atoms with E-state index in [0.29, 0.717) is 42.5 Å². The number of nitrogens with two attached hydrogens (primary N) is 2. The van der Waals surface area contributed by atoms with E-state index in [1.54, 1.807) is 21.5 Å². The first-order valence-electron chi connectivity index (χ1n) is 22.7. The van der Waals surface area contributed by atoms with E-state index in [2.05, 4.69) is 88.7 Å². The second-order valence-corrected chi connectivity index (χ2v) is 22.5. The van der Waals surface area contributed by atoms with Crippen LogP contribution in [0.4, 0.5) is 11.9 Å². The number of nitrogen functional groups attached to an aromatic ring is 2. The van der Waals surface area contributed by atoms with Gasteiger partial charge in [-0.05, 0) is 29.3 Å². The third-order valence-corrected chi connectivity index (χ3v) is 17.1. The molecule has 6 unspecified atom stereocenters. The van der Waals surface area contributed by atoms with Gasteiger partial charge >= 0.3 is 0 Å². The van der Waals surface area contributed by atoms with Gasteiger partial charge in [0.05, 0.1) is 47.3 Å². The molecule has 0 bridgehead atoms. The molecule has 0 amide bonds. The lowest BCUT2D eigenvalue weighted by Gasteiger charge is -2.43. The highest BCUT2D eigenvalue weighted by Gasteiger charge is 2.51.